The van der Waals surface area contributed by atoms with Gasteiger partial charge in [-0.1, -0.05) is 0 Å². The summed E-state index contributed by atoms with van der Waals surface area (Å²) < 4.78 is 1.79. The summed E-state index contributed by atoms with van der Waals surface area (Å²) in [6.45, 7) is 2.57. The molecular formula is C13H18N6O. The number of hydrogen-bond donors (Lipinski definition) is 2. The fourth-order valence-corrected chi connectivity index (χ4v) is 2.52. The zero-order valence-electron chi connectivity index (χ0n) is 11.5. The lowest BCUT2D eigenvalue weighted by Crippen LogP contribution is -2.51. The van der Waals surface area contributed by atoms with Gasteiger partial charge in [-0.3, -0.25) is 14.6 Å². The van der Waals surface area contributed by atoms with Gasteiger partial charge in [-0.15, -0.1) is 0 Å². The SMILES string of the molecule is Cc1cnn(CCC(=O)NC2(c3ncn[nH]3)CCC2)c1. The van der Waals surface area contributed by atoms with Crippen LogP contribution in [0.25, 0.3) is 0 Å². The van der Waals surface area contributed by atoms with Gasteiger partial charge in [0.1, 0.15) is 12.2 Å². The van der Waals surface area contributed by atoms with Crippen LogP contribution >= 0.6 is 0 Å². The van der Waals surface area contributed by atoms with Gasteiger partial charge in [0, 0.05) is 19.2 Å². The second-order valence-corrected chi connectivity index (χ2v) is 5.35. The maximum Gasteiger partial charge on any atom is 0.222 e. The van der Waals surface area contributed by atoms with Gasteiger partial charge < -0.3 is 5.32 Å². The maximum absolute atomic E-state index is 12.1. The predicted molar refractivity (Wildman–Crippen MR) is 71.6 cm³/mol. The smallest absolute Gasteiger partial charge is 0.222 e. The van der Waals surface area contributed by atoms with Gasteiger partial charge in [0.15, 0.2) is 0 Å². The molecule has 0 unspecified atom stereocenters. The van der Waals surface area contributed by atoms with E-state index in [0.717, 1.165) is 30.7 Å². The zero-order chi connectivity index (χ0) is 14.0. The first kappa shape index (κ1) is 12.8. The standard InChI is InChI=1S/C13H18N6O/c1-10-7-16-19(8-10)6-3-11(20)17-13(4-2-5-13)12-14-9-15-18-12/h7-9H,2-6H2,1H3,(H,17,20)(H,14,15,18). The van der Waals surface area contributed by atoms with Crippen molar-refractivity contribution in [3.05, 3.63) is 30.1 Å². The molecule has 3 rings (SSSR count). The molecule has 0 aromatic carbocycles. The van der Waals surface area contributed by atoms with Crippen molar-refractivity contribution >= 4 is 5.91 Å². The fourth-order valence-electron chi connectivity index (χ4n) is 2.52. The third-order valence-electron chi connectivity index (χ3n) is 3.78. The molecule has 0 spiro atoms. The van der Waals surface area contributed by atoms with E-state index in [1.54, 1.807) is 10.9 Å². The van der Waals surface area contributed by atoms with Crippen LogP contribution in [-0.2, 0) is 16.9 Å². The monoisotopic (exact) mass is 274 g/mol. The molecule has 0 radical (unpaired) electrons. The number of hydrogen-bond acceptors (Lipinski definition) is 4. The number of carbonyl (C=O) groups is 1. The summed E-state index contributed by atoms with van der Waals surface area (Å²) in [6, 6.07) is 0. The van der Waals surface area contributed by atoms with Crippen LogP contribution in [0.2, 0.25) is 0 Å². The topological polar surface area (TPSA) is 88.5 Å². The molecule has 1 saturated carbocycles. The van der Waals surface area contributed by atoms with E-state index in [0.29, 0.717) is 13.0 Å². The lowest BCUT2D eigenvalue weighted by atomic mass is 9.76. The highest BCUT2D eigenvalue weighted by Gasteiger charge is 2.42. The van der Waals surface area contributed by atoms with Gasteiger partial charge in [-0.05, 0) is 31.7 Å². The Kier molecular flexibility index (Phi) is 3.25. The largest absolute Gasteiger partial charge is 0.343 e. The molecule has 1 aliphatic rings. The minimum atomic E-state index is -0.340. The summed E-state index contributed by atoms with van der Waals surface area (Å²) >= 11 is 0. The minimum absolute atomic E-state index is 0.0225. The lowest BCUT2D eigenvalue weighted by molar-refractivity contribution is -0.124. The van der Waals surface area contributed by atoms with E-state index in [-0.39, 0.29) is 11.4 Å². The zero-order valence-corrected chi connectivity index (χ0v) is 11.5. The molecule has 0 atom stereocenters. The Bertz CT molecular complexity index is 584. The Morgan fingerprint density at radius 2 is 2.40 bits per heavy atom. The van der Waals surface area contributed by atoms with Crippen LogP contribution < -0.4 is 5.32 Å². The third kappa shape index (κ3) is 2.43. The highest BCUT2D eigenvalue weighted by atomic mass is 16.1. The van der Waals surface area contributed by atoms with Crippen molar-refractivity contribution in [2.24, 2.45) is 0 Å². The fraction of sp³-hybridized carbons (Fsp3) is 0.538. The summed E-state index contributed by atoms with van der Waals surface area (Å²) in [7, 11) is 0. The number of aromatic nitrogens is 5. The van der Waals surface area contributed by atoms with Crippen molar-refractivity contribution in [3.8, 4) is 0 Å². The van der Waals surface area contributed by atoms with Gasteiger partial charge in [0.25, 0.3) is 0 Å². The van der Waals surface area contributed by atoms with Crippen molar-refractivity contribution in [1.29, 1.82) is 0 Å². The Hall–Kier alpha value is -2.18. The molecule has 7 nitrogen and oxygen atoms in total. The van der Waals surface area contributed by atoms with Crippen molar-refractivity contribution in [3.63, 3.8) is 0 Å². The number of aryl methyl sites for hydroxylation is 2. The maximum atomic E-state index is 12.1. The number of H-pyrrole nitrogens is 1. The van der Waals surface area contributed by atoms with Crippen molar-refractivity contribution in [2.75, 3.05) is 0 Å². The summed E-state index contributed by atoms with van der Waals surface area (Å²) in [5.74, 6) is 0.779. The predicted octanol–water partition coefficient (Wildman–Crippen LogP) is 0.895. The molecule has 20 heavy (non-hydrogen) atoms. The van der Waals surface area contributed by atoms with Crippen LogP contribution in [0.15, 0.2) is 18.7 Å². The summed E-state index contributed by atoms with van der Waals surface area (Å²) in [4.78, 5) is 16.3. The molecule has 2 heterocycles. The molecule has 106 valence electrons. The minimum Gasteiger partial charge on any atom is -0.343 e. The van der Waals surface area contributed by atoms with Gasteiger partial charge in [0.2, 0.25) is 5.91 Å². The Balaban J connectivity index is 1.58. The van der Waals surface area contributed by atoms with Crippen molar-refractivity contribution < 1.29 is 4.79 Å². The average molecular weight is 274 g/mol. The molecule has 1 fully saturated rings. The first-order valence-corrected chi connectivity index (χ1v) is 6.84. The third-order valence-corrected chi connectivity index (χ3v) is 3.78. The van der Waals surface area contributed by atoms with Crippen LogP contribution in [0.4, 0.5) is 0 Å². The number of rotatable bonds is 5. The first-order valence-electron chi connectivity index (χ1n) is 6.84. The first-order chi connectivity index (χ1) is 9.68. The number of carbonyl (C=O) groups excluding carboxylic acids is 1. The normalized spacial score (nSPS) is 16.6. The van der Waals surface area contributed by atoms with E-state index in [1.165, 1.54) is 6.33 Å². The molecule has 1 aliphatic carbocycles. The van der Waals surface area contributed by atoms with Gasteiger partial charge in [-0.2, -0.15) is 10.2 Å². The molecule has 2 aromatic rings. The van der Waals surface area contributed by atoms with E-state index >= 15 is 0 Å². The summed E-state index contributed by atoms with van der Waals surface area (Å²) in [5, 5.41) is 14.0. The van der Waals surface area contributed by atoms with E-state index in [2.05, 4.69) is 25.6 Å². The second-order valence-electron chi connectivity index (χ2n) is 5.35. The van der Waals surface area contributed by atoms with Crippen LogP contribution in [0.5, 0.6) is 0 Å². The van der Waals surface area contributed by atoms with Crippen LogP contribution in [0, 0.1) is 6.92 Å². The van der Waals surface area contributed by atoms with Crippen molar-refractivity contribution in [2.45, 2.75) is 44.7 Å². The highest BCUT2D eigenvalue weighted by molar-refractivity contribution is 5.77. The second kappa shape index (κ2) is 5.07. The van der Waals surface area contributed by atoms with Crippen molar-refractivity contribution in [1.82, 2.24) is 30.3 Å². The molecular weight excluding hydrogens is 256 g/mol. The van der Waals surface area contributed by atoms with E-state index in [4.69, 9.17) is 0 Å². The number of aromatic amines is 1. The molecule has 7 heteroatoms. The lowest BCUT2D eigenvalue weighted by Gasteiger charge is -2.40. The quantitative estimate of drug-likeness (QED) is 0.847. The molecule has 0 saturated heterocycles. The van der Waals surface area contributed by atoms with E-state index in [9.17, 15) is 4.79 Å². The Morgan fingerprint density at radius 3 is 2.95 bits per heavy atom. The van der Waals surface area contributed by atoms with E-state index in [1.807, 2.05) is 13.1 Å². The number of amides is 1. The van der Waals surface area contributed by atoms with Gasteiger partial charge in [-0.25, -0.2) is 4.98 Å². The number of nitrogens with zero attached hydrogens (tertiary/aromatic N) is 4. The molecule has 1 amide bonds. The molecule has 0 aliphatic heterocycles. The van der Waals surface area contributed by atoms with Gasteiger partial charge in [0.05, 0.1) is 11.7 Å². The summed E-state index contributed by atoms with van der Waals surface area (Å²) in [6.07, 6.45) is 8.54. The Morgan fingerprint density at radius 1 is 1.55 bits per heavy atom. The average Bonchev–Trinajstić information content (AvgIpc) is 3.03. The highest BCUT2D eigenvalue weighted by Crippen LogP contribution is 2.39. The molecule has 2 N–H and O–H groups in total. The summed E-state index contributed by atoms with van der Waals surface area (Å²) in [5.41, 5.74) is 0.760. The van der Waals surface area contributed by atoms with Crippen LogP contribution in [0.3, 0.4) is 0 Å². The van der Waals surface area contributed by atoms with Crippen LogP contribution in [0.1, 0.15) is 37.1 Å². The molecule has 0 bridgehead atoms. The Labute approximate surface area is 116 Å². The van der Waals surface area contributed by atoms with E-state index < -0.39 is 0 Å². The van der Waals surface area contributed by atoms with Crippen LogP contribution in [-0.4, -0.2) is 30.9 Å². The molecule has 2 aromatic heterocycles. The van der Waals surface area contributed by atoms with Gasteiger partial charge >= 0.3 is 0 Å². The number of nitrogens with one attached hydrogen (secondary N) is 2.